The molecular weight excluding hydrogens is 433 g/mol. The van der Waals surface area contributed by atoms with Crippen LogP contribution in [0, 0.1) is 0 Å². The summed E-state index contributed by atoms with van der Waals surface area (Å²) in [7, 11) is 0. The third kappa shape index (κ3) is 4.14. The number of carbonyl (C=O) groups excluding carboxylic acids is 1. The molecular formula is C23H25F3N6O. The monoisotopic (exact) mass is 458 g/mol. The predicted octanol–water partition coefficient (Wildman–Crippen LogP) is 4.27. The molecule has 0 radical (unpaired) electrons. The van der Waals surface area contributed by atoms with E-state index in [1.807, 2.05) is 29.5 Å². The van der Waals surface area contributed by atoms with Gasteiger partial charge in [0.05, 0.1) is 22.7 Å². The molecule has 2 aliphatic rings. The maximum atomic E-state index is 13.5. The van der Waals surface area contributed by atoms with E-state index in [9.17, 15) is 18.0 Å². The molecule has 1 saturated heterocycles. The summed E-state index contributed by atoms with van der Waals surface area (Å²) in [6, 6.07) is 4.47. The molecule has 10 heteroatoms. The van der Waals surface area contributed by atoms with Gasteiger partial charge in [-0.05, 0) is 44.9 Å². The lowest BCUT2D eigenvalue weighted by Crippen LogP contribution is -2.49. The zero-order valence-corrected chi connectivity index (χ0v) is 18.5. The summed E-state index contributed by atoms with van der Waals surface area (Å²) >= 11 is 0. The van der Waals surface area contributed by atoms with Crippen LogP contribution in [-0.4, -0.2) is 56.7 Å². The average Bonchev–Trinajstić information content (AvgIpc) is 3.56. The lowest BCUT2D eigenvalue weighted by atomic mass is 10.1. The maximum Gasteiger partial charge on any atom is 0.417 e. The first-order valence-corrected chi connectivity index (χ1v) is 11.2. The molecule has 5 rings (SSSR count). The topological polar surface area (TPSA) is 67.2 Å². The van der Waals surface area contributed by atoms with Crippen molar-refractivity contribution in [3.63, 3.8) is 0 Å². The number of carbonyl (C=O) groups is 1. The molecule has 1 aliphatic heterocycles. The molecule has 174 valence electrons. The number of anilines is 1. The van der Waals surface area contributed by atoms with E-state index < -0.39 is 11.7 Å². The number of aromatic nitrogens is 4. The molecule has 1 amide bonds. The van der Waals surface area contributed by atoms with Gasteiger partial charge in [0, 0.05) is 50.0 Å². The van der Waals surface area contributed by atoms with Crippen LogP contribution < -0.4 is 4.90 Å². The second kappa shape index (κ2) is 8.00. The van der Waals surface area contributed by atoms with Gasteiger partial charge in [0.2, 0.25) is 0 Å². The van der Waals surface area contributed by atoms with Crippen LogP contribution in [0.15, 0.2) is 30.6 Å². The van der Waals surface area contributed by atoms with Gasteiger partial charge in [-0.2, -0.15) is 18.3 Å². The van der Waals surface area contributed by atoms with Gasteiger partial charge in [-0.25, -0.2) is 14.6 Å². The number of fused-ring (bicyclic) bond motifs is 1. The van der Waals surface area contributed by atoms with Crippen LogP contribution in [0.3, 0.4) is 0 Å². The molecule has 0 N–H and O–H groups in total. The van der Waals surface area contributed by atoms with Crippen molar-refractivity contribution in [1.82, 2.24) is 24.6 Å². The molecule has 33 heavy (non-hydrogen) atoms. The Labute approximate surface area is 189 Å². The van der Waals surface area contributed by atoms with E-state index in [1.54, 1.807) is 11.1 Å². The largest absolute Gasteiger partial charge is 0.417 e. The summed E-state index contributed by atoms with van der Waals surface area (Å²) in [6.45, 7) is 5.99. The molecule has 0 aromatic carbocycles. The van der Waals surface area contributed by atoms with Crippen molar-refractivity contribution in [2.75, 3.05) is 31.1 Å². The number of halogens is 3. The Kier molecular flexibility index (Phi) is 5.25. The zero-order chi connectivity index (χ0) is 23.3. The average molecular weight is 458 g/mol. The highest BCUT2D eigenvalue weighted by Gasteiger charge is 2.32. The van der Waals surface area contributed by atoms with E-state index in [-0.39, 0.29) is 11.9 Å². The Morgan fingerprint density at radius 3 is 2.39 bits per heavy atom. The fourth-order valence-electron chi connectivity index (χ4n) is 4.23. The van der Waals surface area contributed by atoms with E-state index in [0.29, 0.717) is 43.5 Å². The molecule has 0 spiro atoms. The number of hydrogen-bond donors (Lipinski definition) is 0. The van der Waals surface area contributed by atoms with Crippen molar-refractivity contribution >= 4 is 22.8 Å². The van der Waals surface area contributed by atoms with Crippen molar-refractivity contribution in [2.45, 2.75) is 44.8 Å². The Morgan fingerprint density at radius 2 is 1.82 bits per heavy atom. The summed E-state index contributed by atoms with van der Waals surface area (Å²) in [6.07, 6.45) is 0.331. The Bertz CT molecular complexity index is 1180. The highest BCUT2D eigenvalue weighted by atomic mass is 19.4. The number of alkyl halides is 3. The van der Waals surface area contributed by atoms with Crippen molar-refractivity contribution in [1.29, 1.82) is 0 Å². The normalized spacial score (nSPS) is 17.3. The van der Waals surface area contributed by atoms with Gasteiger partial charge < -0.3 is 9.80 Å². The molecule has 3 aromatic rings. The molecule has 7 nitrogen and oxygen atoms in total. The number of rotatable bonds is 4. The van der Waals surface area contributed by atoms with Gasteiger partial charge >= 0.3 is 6.18 Å². The molecule has 0 atom stereocenters. The zero-order valence-electron chi connectivity index (χ0n) is 18.5. The van der Waals surface area contributed by atoms with Crippen molar-refractivity contribution in [2.24, 2.45) is 0 Å². The molecule has 0 unspecified atom stereocenters. The molecule has 3 aromatic heterocycles. The third-order valence-corrected chi connectivity index (χ3v) is 6.27. The van der Waals surface area contributed by atoms with Gasteiger partial charge in [-0.1, -0.05) is 0 Å². The first kappa shape index (κ1) is 21.7. The van der Waals surface area contributed by atoms with Crippen molar-refractivity contribution in [3.8, 4) is 0 Å². The number of amides is 1. The van der Waals surface area contributed by atoms with E-state index in [1.165, 1.54) is 6.07 Å². The van der Waals surface area contributed by atoms with Crippen LogP contribution in [0.1, 0.15) is 60.3 Å². The highest BCUT2D eigenvalue weighted by molar-refractivity contribution is 6.05. The molecule has 4 heterocycles. The maximum absolute atomic E-state index is 13.5. The van der Waals surface area contributed by atoms with Crippen LogP contribution >= 0.6 is 0 Å². The van der Waals surface area contributed by atoms with Gasteiger partial charge in [0.1, 0.15) is 5.82 Å². The Morgan fingerprint density at radius 1 is 1.09 bits per heavy atom. The molecule has 0 bridgehead atoms. The fraction of sp³-hybridized carbons (Fsp3) is 0.478. The van der Waals surface area contributed by atoms with E-state index >= 15 is 0 Å². The number of hydrogen-bond acceptors (Lipinski definition) is 5. The van der Waals surface area contributed by atoms with Crippen molar-refractivity contribution in [3.05, 3.63) is 47.4 Å². The van der Waals surface area contributed by atoms with Gasteiger partial charge in [0.25, 0.3) is 5.91 Å². The quantitative estimate of drug-likeness (QED) is 0.584. The minimum atomic E-state index is -4.41. The lowest BCUT2D eigenvalue weighted by molar-refractivity contribution is -0.137. The Balaban J connectivity index is 1.35. The molecule has 1 aliphatic carbocycles. The minimum Gasteiger partial charge on any atom is -0.353 e. The smallest absolute Gasteiger partial charge is 0.353 e. The number of pyridine rings is 2. The third-order valence-electron chi connectivity index (χ3n) is 6.27. The van der Waals surface area contributed by atoms with Crippen molar-refractivity contribution < 1.29 is 18.0 Å². The van der Waals surface area contributed by atoms with Crippen LogP contribution in [0.4, 0.5) is 19.0 Å². The van der Waals surface area contributed by atoms with Gasteiger partial charge in [-0.3, -0.25) is 4.79 Å². The second-order valence-electron chi connectivity index (χ2n) is 8.97. The van der Waals surface area contributed by atoms with E-state index in [4.69, 9.17) is 4.98 Å². The number of piperazine rings is 1. The number of nitrogens with zero attached hydrogens (tertiary/aromatic N) is 6. The molecule has 2 fully saturated rings. The Hall–Kier alpha value is -3.17. The van der Waals surface area contributed by atoms with Crippen LogP contribution in [0.25, 0.3) is 11.0 Å². The summed E-state index contributed by atoms with van der Waals surface area (Å²) in [5.41, 5.74) is 1.54. The second-order valence-corrected chi connectivity index (χ2v) is 8.97. The molecule has 1 saturated carbocycles. The minimum absolute atomic E-state index is 0.0624. The summed E-state index contributed by atoms with van der Waals surface area (Å²) < 4.78 is 40.2. The standard InChI is InChI=1S/C23H25F3N6O/c1-14(2)32-21-18(13-28-32)17(11-19(29-21)15-3-4-15)22(33)31-9-7-30(8-10-31)20-6-5-16(12-27-20)23(24,25)26/h5-6,11-15H,3-4,7-10H2,1-2H3. The van der Waals surface area contributed by atoms with E-state index in [0.717, 1.165) is 41.8 Å². The summed E-state index contributed by atoms with van der Waals surface area (Å²) in [4.78, 5) is 26.0. The first-order valence-electron chi connectivity index (χ1n) is 11.2. The fourth-order valence-corrected chi connectivity index (χ4v) is 4.23. The van der Waals surface area contributed by atoms with Gasteiger partial charge in [0.15, 0.2) is 5.65 Å². The summed E-state index contributed by atoms with van der Waals surface area (Å²) in [5.74, 6) is 0.822. The SMILES string of the molecule is CC(C)n1ncc2c(C(=O)N3CCN(c4ccc(C(F)(F)F)cn4)CC3)cc(C3CC3)nc21. The first-order chi connectivity index (χ1) is 15.7. The lowest BCUT2D eigenvalue weighted by Gasteiger charge is -2.35. The van der Waals surface area contributed by atoms with E-state index in [2.05, 4.69) is 10.1 Å². The van der Waals surface area contributed by atoms with Crippen LogP contribution in [-0.2, 0) is 6.18 Å². The van der Waals surface area contributed by atoms with Gasteiger partial charge in [-0.15, -0.1) is 0 Å². The van der Waals surface area contributed by atoms with Crippen LogP contribution in [0.2, 0.25) is 0 Å². The predicted molar refractivity (Wildman–Crippen MR) is 117 cm³/mol. The van der Waals surface area contributed by atoms with Crippen LogP contribution in [0.5, 0.6) is 0 Å². The summed E-state index contributed by atoms with van der Waals surface area (Å²) in [5, 5.41) is 5.22. The highest BCUT2D eigenvalue weighted by Crippen LogP contribution is 2.40.